The number of hydrogen-bond donors (Lipinski definition) is 2. The summed E-state index contributed by atoms with van der Waals surface area (Å²) in [5, 5.41) is 10.3. The molecule has 0 spiro atoms. The molecule has 0 bridgehead atoms. The van der Waals surface area contributed by atoms with Crippen molar-refractivity contribution in [3.05, 3.63) is 28.7 Å². The Bertz CT molecular complexity index is 681. The fraction of sp³-hybridized carbons (Fsp3) is 0.462. The molecule has 21 heavy (non-hydrogen) atoms. The van der Waals surface area contributed by atoms with Gasteiger partial charge in [0.15, 0.2) is 0 Å². The Morgan fingerprint density at radius 3 is 2.86 bits per heavy atom. The molecular formula is C13H16N6O2. The molecule has 0 radical (unpaired) electrons. The molecule has 0 fully saturated rings. The van der Waals surface area contributed by atoms with Gasteiger partial charge in [-0.05, 0) is 25.7 Å². The summed E-state index contributed by atoms with van der Waals surface area (Å²) in [6.45, 7) is 1.86. The zero-order valence-electron chi connectivity index (χ0n) is 11.7. The van der Waals surface area contributed by atoms with Crippen molar-refractivity contribution in [2.75, 3.05) is 5.73 Å². The first-order valence-corrected chi connectivity index (χ1v) is 6.86. The van der Waals surface area contributed by atoms with Crippen LogP contribution in [0.2, 0.25) is 0 Å². The number of carbonyl (C=O) groups is 1. The summed E-state index contributed by atoms with van der Waals surface area (Å²) in [7, 11) is 0. The lowest BCUT2D eigenvalue weighted by molar-refractivity contribution is 0.0940. The van der Waals surface area contributed by atoms with Gasteiger partial charge in [-0.25, -0.2) is 9.97 Å². The maximum absolute atomic E-state index is 12.3. The van der Waals surface area contributed by atoms with Crippen molar-refractivity contribution < 1.29 is 9.21 Å². The number of carbonyl (C=O) groups excluding carboxylic acids is 1. The van der Waals surface area contributed by atoms with Gasteiger partial charge in [0.2, 0.25) is 17.7 Å². The second-order valence-corrected chi connectivity index (χ2v) is 4.96. The van der Waals surface area contributed by atoms with Crippen molar-refractivity contribution in [3.8, 4) is 0 Å². The van der Waals surface area contributed by atoms with E-state index in [-0.39, 0.29) is 18.4 Å². The van der Waals surface area contributed by atoms with Gasteiger partial charge >= 0.3 is 0 Å². The highest BCUT2D eigenvalue weighted by atomic mass is 16.4. The molecule has 0 aromatic carbocycles. The van der Waals surface area contributed by atoms with E-state index in [4.69, 9.17) is 10.2 Å². The number of aromatic nitrogens is 4. The molecule has 8 heteroatoms. The van der Waals surface area contributed by atoms with E-state index in [9.17, 15) is 4.79 Å². The Labute approximate surface area is 121 Å². The lowest BCUT2D eigenvalue weighted by Gasteiger charge is -2.17. The number of hydrogen-bond acceptors (Lipinski definition) is 7. The summed E-state index contributed by atoms with van der Waals surface area (Å²) in [6.07, 6.45) is 3.73. The molecule has 0 aliphatic heterocycles. The van der Waals surface area contributed by atoms with Crippen molar-refractivity contribution in [3.63, 3.8) is 0 Å². The fourth-order valence-electron chi connectivity index (χ4n) is 2.45. The predicted octanol–water partition coefficient (Wildman–Crippen LogP) is 0.559. The molecule has 0 unspecified atom stereocenters. The van der Waals surface area contributed by atoms with Crippen LogP contribution in [0.5, 0.6) is 0 Å². The number of anilines is 1. The van der Waals surface area contributed by atoms with Crippen molar-refractivity contribution in [2.45, 2.75) is 39.2 Å². The molecule has 1 aliphatic carbocycles. The van der Waals surface area contributed by atoms with Crippen LogP contribution in [-0.4, -0.2) is 26.1 Å². The molecule has 2 aromatic heterocycles. The Kier molecular flexibility index (Phi) is 3.51. The van der Waals surface area contributed by atoms with Gasteiger partial charge in [-0.3, -0.25) is 4.79 Å². The monoisotopic (exact) mass is 288 g/mol. The second-order valence-electron chi connectivity index (χ2n) is 4.96. The molecule has 0 saturated heterocycles. The highest BCUT2D eigenvalue weighted by Gasteiger charge is 2.21. The Hall–Kier alpha value is -2.51. The summed E-state index contributed by atoms with van der Waals surface area (Å²) in [5.41, 5.74) is 7.82. The maximum atomic E-state index is 12.3. The topological polar surface area (TPSA) is 120 Å². The highest BCUT2D eigenvalue weighted by Crippen LogP contribution is 2.22. The van der Waals surface area contributed by atoms with Gasteiger partial charge in [0, 0.05) is 18.2 Å². The van der Waals surface area contributed by atoms with E-state index in [2.05, 4.69) is 25.5 Å². The fourth-order valence-corrected chi connectivity index (χ4v) is 2.45. The molecule has 2 heterocycles. The van der Waals surface area contributed by atoms with Gasteiger partial charge in [-0.15, -0.1) is 10.2 Å². The minimum Gasteiger partial charge on any atom is -0.424 e. The van der Waals surface area contributed by atoms with Gasteiger partial charge in [0.1, 0.15) is 5.69 Å². The Morgan fingerprint density at radius 1 is 1.29 bits per heavy atom. The van der Waals surface area contributed by atoms with Gasteiger partial charge in [-0.2, -0.15) is 0 Å². The number of rotatable bonds is 3. The average Bonchev–Trinajstić information content (AvgIpc) is 2.89. The van der Waals surface area contributed by atoms with Crippen molar-refractivity contribution in [1.29, 1.82) is 0 Å². The molecule has 8 nitrogen and oxygen atoms in total. The standard InChI is InChI=1S/C13H16N6O2/c1-7-18-19-10(21-7)6-15-12(20)11-8-4-2-3-5-9(8)16-13(14)17-11/h2-6H2,1H3,(H,15,20)(H2,14,16,17). The normalized spacial score (nSPS) is 13.8. The average molecular weight is 288 g/mol. The van der Waals surface area contributed by atoms with Crippen molar-refractivity contribution >= 4 is 11.9 Å². The molecule has 3 rings (SSSR count). The van der Waals surface area contributed by atoms with E-state index < -0.39 is 0 Å². The number of nitrogen functional groups attached to an aromatic ring is 1. The third kappa shape index (κ3) is 2.83. The number of nitrogens with two attached hydrogens (primary N) is 1. The third-order valence-corrected chi connectivity index (χ3v) is 3.38. The molecule has 1 amide bonds. The van der Waals surface area contributed by atoms with Gasteiger partial charge in [0.05, 0.1) is 6.54 Å². The van der Waals surface area contributed by atoms with Crippen LogP contribution in [0.15, 0.2) is 4.42 Å². The molecule has 1 aliphatic rings. The van der Waals surface area contributed by atoms with Crippen LogP contribution in [0.1, 0.15) is 46.4 Å². The minimum atomic E-state index is -0.293. The molecular weight excluding hydrogens is 272 g/mol. The van der Waals surface area contributed by atoms with Crippen molar-refractivity contribution in [1.82, 2.24) is 25.5 Å². The molecule has 3 N–H and O–H groups in total. The Morgan fingerprint density at radius 2 is 2.10 bits per heavy atom. The first-order chi connectivity index (χ1) is 10.1. The summed E-state index contributed by atoms with van der Waals surface area (Å²) in [5.74, 6) is 0.659. The smallest absolute Gasteiger partial charge is 0.270 e. The largest absolute Gasteiger partial charge is 0.424 e. The predicted molar refractivity (Wildman–Crippen MR) is 73.3 cm³/mol. The van der Waals surface area contributed by atoms with Crippen molar-refractivity contribution in [2.24, 2.45) is 0 Å². The van der Waals surface area contributed by atoms with Crippen LogP contribution in [-0.2, 0) is 19.4 Å². The number of amides is 1. The summed E-state index contributed by atoms with van der Waals surface area (Å²) >= 11 is 0. The zero-order valence-corrected chi connectivity index (χ0v) is 11.7. The molecule has 110 valence electrons. The summed E-state index contributed by atoms with van der Waals surface area (Å²) in [6, 6.07) is 0. The number of aryl methyl sites for hydroxylation is 2. The third-order valence-electron chi connectivity index (χ3n) is 3.38. The van der Waals surface area contributed by atoms with Crippen LogP contribution in [0.25, 0.3) is 0 Å². The first kappa shape index (κ1) is 13.5. The molecule has 2 aromatic rings. The van der Waals surface area contributed by atoms with Crippen LogP contribution in [0, 0.1) is 6.92 Å². The van der Waals surface area contributed by atoms with Gasteiger partial charge in [-0.1, -0.05) is 0 Å². The Balaban J connectivity index is 1.79. The second kappa shape index (κ2) is 5.47. The number of fused-ring (bicyclic) bond motifs is 1. The SMILES string of the molecule is Cc1nnc(CNC(=O)c2nc(N)nc3c2CCCC3)o1. The highest BCUT2D eigenvalue weighted by molar-refractivity contribution is 5.94. The number of nitrogens with one attached hydrogen (secondary N) is 1. The van der Waals surface area contributed by atoms with Crippen LogP contribution in [0.3, 0.4) is 0 Å². The van der Waals surface area contributed by atoms with E-state index in [1.165, 1.54) is 0 Å². The van der Waals surface area contributed by atoms with Gasteiger partial charge < -0.3 is 15.5 Å². The number of nitrogens with zero attached hydrogens (tertiary/aromatic N) is 4. The lowest BCUT2D eigenvalue weighted by Crippen LogP contribution is -2.27. The quantitative estimate of drug-likeness (QED) is 0.846. The molecule has 0 saturated carbocycles. The van der Waals surface area contributed by atoms with E-state index in [0.29, 0.717) is 17.5 Å². The van der Waals surface area contributed by atoms with E-state index in [1.54, 1.807) is 6.92 Å². The lowest BCUT2D eigenvalue weighted by atomic mass is 9.94. The first-order valence-electron chi connectivity index (χ1n) is 6.86. The van der Waals surface area contributed by atoms with E-state index in [0.717, 1.165) is 36.9 Å². The maximum Gasteiger partial charge on any atom is 0.270 e. The summed E-state index contributed by atoms with van der Waals surface area (Å²) in [4.78, 5) is 20.6. The minimum absolute atomic E-state index is 0.134. The summed E-state index contributed by atoms with van der Waals surface area (Å²) < 4.78 is 5.21. The van der Waals surface area contributed by atoms with E-state index >= 15 is 0 Å². The van der Waals surface area contributed by atoms with E-state index in [1.807, 2.05) is 0 Å². The van der Waals surface area contributed by atoms with Gasteiger partial charge in [0.25, 0.3) is 5.91 Å². The van der Waals surface area contributed by atoms with Crippen LogP contribution >= 0.6 is 0 Å². The van der Waals surface area contributed by atoms with Crippen LogP contribution < -0.4 is 11.1 Å². The zero-order chi connectivity index (χ0) is 14.8. The molecule has 0 atom stereocenters. The van der Waals surface area contributed by atoms with Crippen LogP contribution in [0.4, 0.5) is 5.95 Å².